The molecule has 0 unspecified atom stereocenters. The van der Waals surface area contributed by atoms with Gasteiger partial charge in [0.05, 0.1) is 10.5 Å². The van der Waals surface area contributed by atoms with Gasteiger partial charge in [-0.3, -0.25) is 4.79 Å². The number of hydrogen-bond donors (Lipinski definition) is 1. The summed E-state index contributed by atoms with van der Waals surface area (Å²) in [4.78, 5) is 12.6. The van der Waals surface area contributed by atoms with Crippen molar-refractivity contribution in [2.24, 2.45) is 5.92 Å². The molecule has 0 saturated carbocycles. The van der Waals surface area contributed by atoms with Crippen LogP contribution in [-0.4, -0.2) is 31.7 Å². The second-order valence-corrected chi connectivity index (χ2v) is 9.55. The van der Waals surface area contributed by atoms with E-state index >= 15 is 0 Å². The van der Waals surface area contributed by atoms with Gasteiger partial charge in [0, 0.05) is 29.2 Å². The van der Waals surface area contributed by atoms with E-state index in [1.54, 1.807) is 12.1 Å². The SMILES string of the molecule is O=C(Nc1cccc(C(F)(F)F)c1)C1CCN(S(=O)(=O)c2ccc(Br)cc2)CC1. The van der Waals surface area contributed by atoms with Crippen LogP contribution in [0, 0.1) is 5.92 Å². The molecule has 156 valence electrons. The monoisotopic (exact) mass is 490 g/mol. The molecule has 0 atom stereocenters. The number of nitrogens with one attached hydrogen (secondary N) is 1. The minimum atomic E-state index is -4.49. The van der Waals surface area contributed by atoms with Crippen LogP contribution in [0.4, 0.5) is 18.9 Å². The summed E-state index contributed by atoms with van der Waals surface area (Å²) in [6.07, 6.45) is -3.91. The fraction of sp³-hybridized carbons (Fsp3) is 0.316. The number of piperidine rings is 1. The predicted octanol–water partition coefficient (Wildman–Crippen LogP) is 4.51. The number of anilines is 1. The molecule has 0 aromatic heterocycles. The molecule has 1 N–H and O–H groups in total. The van der Waals surface area contributed by atoms with Gasteiger partial charge < -0.3 is 5.32 Å². The molecule has 0 aliphatic carbocycles. The van der Waals surface area contributed by atoms with E-state index in [1.807, 2.05) is 0 Å². The average Bonchev–Trinajstić information content (AvgIpc) is 2.68. The fourth-order valence-corrected chi connectivity index (χ4v) is 4.87. The van der Waals surface area contributed by atoms with Gasteiger partial charge in [-0.25, -0.2) is 8.42 Å². The minimum Gasteiger partial charge on any atom is -0.326 e. The third kappa shape index (κ3) is 5.18. The number of benzene rings is 2. The molecule has 1 saturated heterocycles. The molecule has 1 aliphatic heterocycles. The number of rotatable bonds is 4. The summed E-state index contributed by atoms with van der Waals surface area (Å²) in [5.74, 6) is -0.883. The summed E-state index contributed by atoms with van der Waals surface area (Å²) in [7, 11) is -3.65. The van der Waals surface area contributed by atoms with Crippen LogP contribution in [0.2, 0.25) is 0 Å². The molecule has 1 heterocycles. The van der Waals surface area contributed by atoms with E-state index < -0.39 is 33.6 Å². The Morgan fingerprint density at radius 3 is 2.28 bits per heavy atom. The first-order valence-corrected chi connectivity index (χ1v) is 11.0. The first kappa shape index (κ1) is 21.8. The van der Waals surface area contributed by atoms with Crippen molar-refractivity contribution < 1.29 is 26.4 Å². The lowest BCUT2D eigenvalue weighted by Crippen LogP contribution is -2.41. The minimum absolute atomic E-state index is 0.0646. The van der Waals surface area contributed by atoms with E-state index in [4.69, 9.17) is 0 Å². The van der Waals surface area contributed by atoms with Crippen molar-refractivity contribution in [3.63, 3.8) is 0 Å². The van der Waals surface area contributed by atoms with Gasteiger partial charge in [-0.05, 0) is 55.3 Å². The predicted molar refractivity (Wildman–Crippen MR) is 106 cm³/mol. The maximum absolute atomic E-state index is 12.8. The second-order valence-electron chi connectivity index (χ2n) is 6.70. The Bertz CT molecular complexity index is 987. The van der Waals surface area contributed by atoms with Crippen molar-refractivity contribution in [1.82, 2.24) is 4.31 Å². The summed E-state index contributed by atoms with van der Waals surface area (Å²) in [5.41, 5.74) is -0.777. The topological polar surface area (TPSA) is 66.5 Å². The molecule has 0 spiro atoms. The van der Waals surface area contributed by atoms with E-state index in [0.29, 0.717) is 12.8 Å². The van der Waals surface area contributed by atoms with Gasteiger partial charge in [0.25, 0.3) is 0 Å². The third-order valence-corrected chi connectivity index (χ3v) is 7.18. The van der Waals surface area contributed by atoms with Gasteiger partial charge in [-0.2, -0.15) is 17.5 Å². The van der Waals surface area contributed by atoms with Crippen LogP contribution >= 0.6 is 15.9 Å². The summed E-state index contributed by atoms with van der Waals surface area (Å²) >= 11 is 3.26. The van der Waals surface area contributed by atoms with Crippen LogP contribution in [0.5, 0.6) is 0 Å². The number of amides is 1. The molecule has 0 radical (unpaired) electrons. The maximum atomic E-state index is 12.8. The Hall–Kier alpha value is -1.91. The second kappa shape index (κ2) is 8.45. The van der Waals surface area contributed by atoms with Crippen LogP contribution in [0.3, 0.4) is 0 Å². The molecular weight excluding hydrogens is 473 g/mol. The van der Waals surface area contributed by atoms with Crippen molar-refractivity contribution in [3.8, 4) is 0 Å². The number of carbonyl (C=O) groups is 1. The van der Waals surface area contributed by atoms with Crippen molar-refractivity contribution >= 4 is 37.5 Å². The van der Waals surface area contributed by atoms with Gasteiger partial charge >= 0.3 is 6.18 Å². The highest BCUT2D eigenvalue weighted by atomic mass is 79.9. The lowest BCUT2D eigenvalue weighted by molar-refractivity contribution is -0.137. The third-order valence-electron chi connectivity index (χ3n) is 4.73. The Labute approximate surface area is 175 Å². The van der Waals surface area contributed by atoms with Crippen molar-refractivity contribution in [2.75, 3.05) is 18.4 Å². The van der Waals surface area contributed by atoms with Crippen LogP contribution in [0.1, 0.15) is 18.4 Å². The summed E-state index contributed by atoms with van der Waals surface area (Å²) in [5, 5.41) is 2.50. The molecule has 5 nitrogen and oxygen atoms in total. The normalized spacial score (nSPS) is 16.6. The standard InChI is InChI=1S/C19H18BrF3N2O3S/c20-15-4-6-17(7-5-15)29(27,28)25-10-8-13(9-11-25)18(26)24-16-3-1-2-14(12-16)19(21,22)23/h1-7,12-13H,8-11H2,(H,24,26). The summed E-state index contributed by atoms with van der Waals surface area (Å²) in [6.45, 7) is 0.331. The number of carbonyl (C=O) groups excluding carboxylic acids is 1. The highest BCUT2D eigenvalue weighted by Gasteiger charge is 2.33. The maximum Gasteiger partial charge on any atom is 0.416 e. The van der Waals surface area contributed by atoms with Crippen LogP contribution in [0.25, 0.3) is 0 Å². The van der Waals surface area contributed by atoms with Crippen LogP contribution in [0.15, 0.2) is 57.9 Å². The fourth-order valence-electron chi connectivity index (χ4n) is 3.13. The molecule has 0 bridgehead atoms. The number of halogens is 4. The summed E-state index contributed by atoms with van der Waals surface area (Å²) < 4.78 is 65.9. The van der Waals surface area contributed by atoms with Crippen molar-refractivity contribution in [2.45, 2.75) is 23.9 Å². The van der Waals surface area contributed by atoms with E-state index in [9.17, 15) is 26.4 Å². The zero-order valence-electron chi connectivity index (χ0n) is 15.1. The molecule has 2 aromatic rings. The Morgan fingerprint density at radius 2 is 1.69 bits per heavy atom. The molecule has 1 fully saturated rings. The first-order chi connectivity index (χ1) is 13.6. The zero-order valence-corrected chi connectivity index (χ0v) is 17.5. The van der Waals surface area contributed by atoms with E-state index in [1.165, 1.54) is 28.6 Å². The first-order valence-electron chi connectivity index (χ1n) is 8.81. The average molecular weight is 491 g/mol. The highest BCUT2D eigenvalue weighted by Crippen LogP contribution is 2.31. The largest absolute Gasteiger partial charge is 0.416 e. The van der Waals surface area contributed by atoms with Gasteiger partial charge in [0.15, 0.2) is 0 Å². The van der Waals surface area contributed by atoms with Gasteiger partial charge in [-0.1, -0.05) is 22.0 Å². The molecule has 3 rings (SSSR count). The Morgan fingerprint density at radius 1 is 1.07 bits per heavy atom. The van der Waals surface area contributed by atoms with Crippen molar-refractivity contribution in [3.05, 3.63) is 58.6 Å². The highest BCUT2D eigenvalue weighted by molar-refractivity contribution is 9.10. The van der Waals surface area contributed by atoms with Gasteiger partial charge in [0.2, 0.25) is 15.9 Å². The van der Waals surface area contributed by atoms with Crippen LogP contribution < -0.4 is 5.32 Å². The molecule has 1 aliphatic rings. The Balaban J connectivity index is 1.62. The number of nitrogens with zero attached hydrogens (tertiary/aromatic N) is 1. The molecule has 1 amide bonds. The quantitative estimate of drug-likeness (QED) is 0.685. The van der Waals surface area contributed by atoms with E-state index in [2.05, 4.69) is 21.2 Å². The smallest absolute Gasteiger partial charge is 0.326 e. The lowest BCUT2D eigenvalue weighted by atomic mass is 9.97. The Kier molecular flexibility index (Phi) is 6.35. The van der Waals surface area contributed by atoms with Crippen LogP contribution in [-0.2, 0) is 21.0 Å². The number of sulfonamides is 1. The molecule has 29 heavy (non-hydrogen) atoms. The van der Waals surface area contributed by atoms with E-state index in [0.717, 1.165) is 16.6 Å². The van der Waals surface area contributed by atoms with Crippen molar-refractivity contribution in [1.29, 1.82) is 0 Å². The zero-order chi connectivity index (χ0) is 21.2. The van der Waals surface area contributed by atoms with Gasteiger partial charge in [0.1, 0.15) is 0 Å². The van der Waals surface area contributed by atoms with E-state index in [-0.39, 0.29) is 23.7 Å². The lowest BCUT2D eigenvalue weighted by Gasteiger charge is -2.30. The number of hydrogen-bond acceptors (Lipinski definition) is 3. The summed E-state index contributed by atoms with van der Waals surface area (Å²) in [6, 6.07) is 10.7. The molecule has 2 aromatic carbocycles. The van der Waals surface area contributed by atoms with Gasteiger partial charge in [-0.15, -0.1) is 0 Å². The molecule has 10 heteroatoms. The number of alkyl halides is 3. The molecular formula is C19H18BrF3N2O3S.